The van der Waals surface area contributed by atoms with E-state index in [0.717, 1.165) is 19.5 Å². The molecular weight excluding hydrogens is 244 g/mol. The number of benzene rings is 1. The summed E-state index contributed by atoms with van der Waals surface area (Å²) < 4.78 is 0. The van der Waals surface area contributed by atoms with Crippen LogP contribution in [0.15, 0.2) is 18.2 Å². The van der Waals surface area contributed by atoms with E-state index in [4.69, 9.17) is 0 Å². The van der Waals surface area contributed by atoms with Crippen LogP contribution in [0, 0.1) is 0 Å². The number of phenolic OH excluding ortho intramolecular Hbond substituents is 2. The number of likely N-dealkylation sites (tertiary alicyclic amines) is 1. The monoisotopic (exact) mass is 264 g/mol. The minimum absolute atomic E-state index is 0.218. The van der Waals surface area contributed by atoms with Crippen LogP contribution in [0.5, 0.6) is 11.5 Å². The molecule has 2 rings (SSSR count). The van der Waals surface area contributed by atoms with Crippen molar-refractivity contribution in [2.75, 3.05) is 19.6 Å². The lowest BCUT2D eigenvalue weighted by molar-refractivity contribution is 0.0941. The summed E-state index contributed by atoms with van der Waals surface area (Å²) in [5, 5.41) is 21.5. The molecule has 1 aliphatic heterocycles. The van der Waals surface area contributed by atoms with Gasteiger partial charge in [-0.1, -0.05) is 6.92 Å². The quantitative estimate of drug-likeness (QED) is 0.717. The molecule has 0 saturated carbocycles. The topological polar surface area (TPSA) is 72.8 Å². The highest BCUT2D eigenvalue weighted by Crippen LogP contribution is 2.24. The third kappa shape index (κ3) is 3.17. The second kappa shape index (κ2) is 5.93. The predicted molar refractivity (Wildman–Crippen MR) is 72.4 cm³/mol. The second-order valence-electron chi connectivity index (χ2n) is 4.84. The Morgan fingerprint density at radius 1 is 1.42 bits per heavy atom. The van der Waals surface area contributed by atoms with Gasteiger partial charge in [-0.25, -0.2) is 0 Å². The van der Waals surface area contributed by atoms with Gasteiger partial charge < -0.3 is 15.5 Å². The normalized spacial score (nSPS) is 19.5. The third-order valence-corrected chi connectivity index (χ3v) is 3.64. The highest BCUT2D eigenvalue weighted by Gasteiger charge is 2.23. The molecule has 1 heterocycles. The summed E-state index contributed by atoms with van der Waals surface area (Å²) in [7, 11) is 0. The van der Waals surface area contributed by atoms with E-state index in [0.29, 0.717) is 18.2 Å². The maximum Gasteiger partial charge on any atom is 0.251 e. The molecule has 5 heteroatoms. The van der Waals surface area contributed by atoms with Gasteiger partial charge in [0.1, 0.15) is 0 Å². The summed E-state index contributed by atoms with van der Waals surface area (Å²) in [6.45, 7) is 4.84. The Morgan fingerprint density at radius 3 is 2.89 bits per heavy atom. The summed E-state index contributed by atoms with van der Waals surface area (Å²) in [5.74, 6) is -0.716. The molecule has 104 valence electrons. The molecule has 0 aromatic heterocycles. The van der Waals surface area contributed by atoms with Crippen molar-refractivity contribution in [3.05, 3.63) is 23.8 Å². The standard InChI is InChI=1S/C14H20N2O3/c1-2-16-7-3-4-11(16)9-15-14(19)10-5-6-12(17)13(18)8-10/h5-6,8,11,17-18H,2-4,7,9H2,1H3,(H,15,19). The van der Waals surface area contributed by atoms with Crippen molar-refractivity contribution in [3.63, 3.8) is 0 Å². The molecular formula is C14H20N2O3. The maximum absolute atomic E-state index is 11.9. The number of nitrogens with zero attached hydrogens (tertiary/aromatic N) is 1. The number of hydrogen-bond donors (Lipinski definition) is 3. The van der Waals surface area contributed by atoms with Crippen LogP contribution in [-0.4, -0.2) is 46.7 Å². The van der Waals surface area contributed by atoms with E-state index in [1.807, 2.05) is 0 Å². The van der Waals surface area contributed by atoms with Crippen molar-refractivity contribution in [1.82, 2.24) is 10.2 Å². The summed E-state index contributed by atoms with van der Waals surface area (Å²) in [5.41, 5.74) is 0.358. The van der Waals surface area contributed by atoms with Crippen molar-refractivity contribution in [3.8, 4) is 11.5 Å². The van der Waals surface area contributed by atoms with Crippen molar-refractivity contribution >= 4 is 5.91 Å². The molecule has 0 radical (unpaired) electrons. The Balaban J connectivity index is 1.92. The van der Waals surface area contributed by atoms with Gasteiger partial charge in [0.05, 0.1) is 0 Å². The minimum Gasteiger partial charge on any atom is -0.504 e. The van der Waals surface area contributed by atoms with Crippen molar-refractivity contribution in [2.24, 2.45) is 0 Å². The lowest BCUT2D eigenvalue weighted by atomic mass is 10.1. The summed E-state index contributed by atoms with van der Waals surface area (Å²) in [6.07, 6.45) is 2.28. The van der Waals surface area contributed by atoms with Crippen LogP contribution < -0.4 is 5.32 Å². The van der Waals surface area contributed by atoms with Crippen LogP contribution in [-0.2, 0) is 0 Å². The Labute approximate surface area is 112 Å². The third-order valence-electron chi connectivity index (χ3n) is 3.64. The van der Waals surface area contributed by atoms with Gasteiger partial charge in [0.2, 0.25) is 0 Å². The van der Waals surface area contributed by atoms with Gasteiger partial charge in [-0.15, -0.1) is 0 Å². The zero-order chi connectivity index (χ0) is 13.8. The number of likely N-dealkylation sites (N-methyl/N-ethyl adjacent to an activating group) is 1. The number of nitrogens with one attached hydrogen (secondary N) is 1. The molecule has 1 amide bonds. The number of hydrogen-bond acceptors (Lipinski definition) is 4. The van der Waals surface area contributed by atoms with Crippen LogP contribution in [0.1, 0.15) is 30.1 Å². The lowest BCUT2D eigenvalue weighted by Gasteiger charge is -2.22. The fourth-order valence-electron chi connectivity index (χ4n) is 2.52. The molecule has 0 spiro atoms. The second-order valence-corrected chi connectivity index (χ2v) is 4.84. The SMILES string of the molecule is CCN1CCCC1CNC(=O)c1ccc(O)c(O)c1. The molecule has 5 nitrogen and oxygen atoms in total. The Kier molecular flexibility index (Phi) is 4.27. The molecule has 1 saturated heterocycles. The molecule has 1 aromatic rings. The number of rotatable bonds is 4. The predicted octanol–water partition coefficient (Wildman–Crippen LogP) is 1.31. The molecule has 3 N–H and O–H groups in total. The minimum atomic E-state index is -0.274. The first-order valence-corrected chi connectivity index (χ1v) is 6.66. The van der Waals surface area contributed by atoms with Gasteiger partial charge in [-0.3, -0.25) is 9.69 Å². The zero-order valence-corrected chi connectivity index (χ0v) is 11.1. The van der Waals surface area contributed by atoms with E-state index in [1.54, 1.807) is 0 Å². The Hall–Kier alpha value is -1.75. The molecule has 1 fully saturated rings. The van der Waals surface area contributed by atoms with Crippen LogP contribution in [0.25, 0.3) is 0 Å². The Bertz CT molecular complexity index is 462. The van der Waals surface area contributed by atoms with Gasteiger partial charge in [0.25, 0.3) is 5.91 Å². The Morgan fingerprint density at radius 2 is 2.21 bits per heavy atom. The summed E-state index contributed by atoms with van der Waals surface area (Å²) >= 11 is 0. The van der Waals surface area contributed by atoms with E-state index in [9.17, 15) is 15.0 Å². The summed E-state index contributed by atoms with van der Waals surface area (Å²) in [4.78, 5) is 14.3. The fourth-order valence-corrected chi connectivity index (χ4v) is 2.52. The van der Waals surface area contributed by atoms with Gasteiger partial charge in [0.15, 0.2) is 11.5 Å². The average Bonchev–Trinajstić information content (AvgIpc) is 2.86. The van der Waals surface area contributed by atoms with Crippen LogP contribution in [0.3, 0.4) is 0 Å². The molecule has 1 unspecified atom stereocenters. The van der Waals surface area contributed by atoms with Crippen LogP contribution in [0.2, 0.25) is 0 Å². The van der Waals surface area contributed by atoms with Gasteiger partial charge in [0, 0.05) is 18.2 Å². The fraction of sp³-hybridized carbons (Fsp3) is 0.500. The average molecular weight is 264 g/mol. The molecule has 1 aromatic carbocycles. The highest BCUT2D eigenvalue weighted by molar-refractivity contribution is 5.94. The first-order chi connectivity index (χ1) is 9.11. The van der Waals surface area contributed by atoms with E-state index in [2.05, 4.69) is 17.1 Å². The number of carbonyl (C=O) groups excluding carboxylic acids is 1. The van der Waals surface area contributed by atoms with Gasteiger partial charge in [-0.2, -0.15) is 0 Å². The molecule has 19 heavy (non-hydrogen) atoms. The highest BCUT2D eigenvalue weighted by atomic mass is 16.3. The van der Waals surface area contributed by atoms with E-state index < -0.39 is 0 Å². The number of carbonyl (C=O) groups is 1. The molecule has 1 aliphatic rings. The van der Waals surface area contributed by atoms with Crippen molar-refractivity contribution < 1.29 is 15.0 Å². The first-order valence-electron chi connectivity index (χ1n) is 6.66. The van der Waals surface area contributed by atoms with Gasteiger partial charge in [-0.05, 0) is 44.1 Å². The molecule has 0 bridgehead atoms. The van der Waals surface area contributed by atoms with E-state index in [1.165, 1.54) is 24.6 Å². The molecule has 1 atom stereocenters. The number of amides is 1. The van der Waals surface area contributed by atoms with E-state index >= 15 is 0 Å². The van der Waals surface area contributed by atoms with Gasteiger partial charge >= 0.3 is 0 Å². The zero-order valence-electron chi connectivity index (χ0n) is 11.1. The lowest BCUT2D eigenvalue weighted by Crippen LogP contribution is -2.40. The van der Waals surface area contributed by atoms with E-state index in [-0.39, 0.29) is 17.4 Å². The smallest absolute Gasteiger partial charge is 0.251 e. The van der Waals surface area contributed by atoms with Crippen LogP contribution in [0.4, 0.5) is 0 Å². The molecule has 0 aliphatic carbocycles. The van der Waals surface area contributed by atoms with Crippen molar-refractivity contribution in [1.29, 1.82) is 0 Å². The first kappa shape index (κ1) is 13.7. The maximum atomic E-state index is 11.9. The number of aromatic hydroxyl groups is 2. The number of phenols is 2. The van der Waals surface area contributed by atoms with Crippen molar-refractivity contribution in [2.45, 2.75) is 25.8 Å². The largest absolute Gasteiger partial charge is 0.504 e. The summed E-state index contributed by atoms with van der Waals surface area (Å²) in [6, 6.07) is 4.49. The van der Waals surface area contributed by atoms with Crippen LogP contribution >= 0.6 is 0 Å².